The zero-order valence-electron chi connectivity index (χ0n) is 12.2. The molecule has 3 amide bonds. The van der Waals surface area contributed by atoms with Crippen LogP contribution in [0.5, 0.6) is 0 Å². The molecule has 0 bridgehead atoms. The van der Waals surface area contributed by atoms with Crippen LogP contribution in [-0.2, 0) is 23.9 Å². The average molecular weight is 506 g/mol. The fourth-order valence-electron chi connectivity index (χ4n) is 1.81. The van der Waals surface area contributed by atoms with Crippen molar-refractivity contribution in [1.82, 2.24) is 16.0 Å². The number of carbonyl (C=O) groups is 4. The van der Waals surface area contributed by atoms with Crippen molar-refractivity contribution in [3.05, 3.63) is 0 Å². The normalized spacial score (nSPS) is 16.2. The van der Waals surface area contributed by atoms with Crippen LogP contribution in [0.1, 0.15) is 19.3 Å². The van der Waals surface area contributed by atoms with Crippen molar-refractivity contribution in [1.29, 1.82) is 0 Å². The molecule has 2 atom stereocenters. The van der Waals surface area contributed by atoms with Crippen molar-refractivity contribution in [2.24, 2.45) is 5.92 Å². The van der Waals surface area contributed by atoms with Crippen molar-refractivity contribution in [2.45, 2.75) is 35.4 Å². The molecule has 0 spiro atoms. The monoisotopic (exact) mass is 506 g/mol. The number of ether oxygens (including phenoxy) is 1. The van der Waals surface area contributed by atoms with Crippen molar-refractivity contribution >= 4 is 50.3 Å². The van der Waals surface area contributed by atoms with E-state index in [2.05, 4.69) is 16.0 Å². The minimum atomic E-state index is -0.441. The summed E-state index contributed by atoms with van der Waals surface area (Å²) in [4.78, 5) is 44.1. The molecule has 121 valence electrons. The Morgan fingerprint density at radius 3 is 2.55 bits per heavy atom. The Kier molecular flexibility index (Phi) is 9.20. The molecule has 1 rings (SSSR count). The molecule has 2 unspecified atom stereocenters. The Morgan fingerprint density at radius 2 is 2.00 bits per heavy atom. The van der Waals surface area contributed by atoms with E-state index in [1.165, 1.54) is 0 Å². The van der Waals surface area contributed by atoms with Gasteiger partial charge in [-0.2, -0.15) is 0 Å². The fourth-order valence-corrected chi connectivity index (χ4v) is 2.77. The molecule has 3 N–H and O–H groups in total. The molecule has 0 aromatic heterocycles. The molecule has 0 saturated heterocycles. The average Bonchev–Trinajstić information content (AvgIpc) is 3.33. The van der Waals surface area contributed by atoms with Gasteiger partial charge in [-0.3, -0.25) is 0 Å². The number of aldehydes is 1. The molecule has 0 aliphatic heterocycles. The summed E-state index contributed by atoms with van der Waals surface area (Å²) in [6, 6.07) is -0.252. The van der Waals surface area contributed by atoms with Gasteiger partial charge in [0.25, 0.3) is 0 Å². The third-order valence-electron chi connectivity index (χ3n) is 3.16. The maximum absolute atomic E-state index is 11.8. The SMILES string of the molecule is O=CNCC(=O)NC([CH2][Pb])CC(=O)NCOC(C=O)C1CC1. The zero-order chi connectivity index (χ0) is 16.4. The number of hydrogen-bond acceptors (Lipinski definition) is 5. The number of nitrogens with one attached hydrogen (secondary N) is 3. The first-order valence-electron chi connectivity index (χ1n) is 7.05. The van der Waals surface area contributed by atoms with Crippen LogP contribution in [0.3, 0.4) is 0 Å². The number of carbonyl (C=O) groups excluding carboxylic acids is 4. The van der Waals surface area contributed by atoms with Crippen LogP contribution in [0, 0.1) is 5.92 Å². The van der Waals surface area contributed by atoms with Gasteiger partial charge in [0.2, 0.25) is 0 Å². The van der Waals surface area contributed by atoms with Gasteiger partial charge in [-0.05, 0) is 0 Å². The first kappa shape index (κ1) is 19.0. The van der Waals surface area contributed by atoms with E-state index in [9.17, 15) is 19.2 Å². The number of amides is 3. The minimum absolute atomic E-state index is 0.00670. The van der Waals surface area contributed by atoms with E-state index in [4.69, 9.17) is 4.74 Å². The van der Waals surface area contributed by atoms with E-state index >= 15 is 0 Å². The molecule has 1 aliphatic rings. The molecule has 0 heterocycles. The summed E-state index contributed by atoms with van der Waals surface area (Å²) in [7, 11) is 0. The van der Waals surface area contributed by atoms with E-state index < -0.39 is 6.10 Å². The Labute approximate surface area is 144 Å². The van der Waals surface area contributed by atoms with E-state index in [1.54, 1.807) is 0 Å². The second-order valence-electron chi connectivity index (χ2n) is 5.02. The summed E-state index contributed by atoms with van der Waals surface area (Å²) in [6.07, 6.45) is 2.90. The molecular weight excluding hydrogens is 485 g/mol. The molecule has 22 heavy (non-hydrogen) atoms. The van der Waals surface area contributed by atoms with Crippen molar-refractivity contribution < 1.29 is 23.9 Å². The molecule has 0 aromatic rings. The van der Waals surface area contributed by atoms with Crippen LogP contribution >= 0.6 is 0 Å². The number of hydrogen-bond donors (Lipinski definition) is 3. The topological polar surface area (TPSA) is 114 Å². The third kappa shape index (κ3) is 7.82. The van der Waals surface area contributed by atoms with E-state index in [1.807, 2.05) is 0 Å². The van der Waals surface area contributed by atoms with E-state index in [0.29, 0.717) is 6.41 Å². The predicted octanol–water partition coefficient (Wildman–Crippen LogP) is -1.74. The summed E-state index contributed by atoms with van der Waals surface area (Å²) in [5.41, 5.74) is 0. The van der Waals surface area contributed by atoms with Gasteiger partial charge in [-0.25, -0.2) is 0 Å². The van der Waals surface area contributed by atoms with Gasteiger partial charge in [-0.1, -0.05) is 0 Å². The van der Waals surface area contributed by atoms with Gasteiger partial charge < -0.3 is 0 Å². The number of rotatable bonds is 12. The molecular formula is C13H20N3O5Pb. The second kappa shape index (κ2) is 10.6. The fraction of sp³-hybridized carbons (Fsp3) is 0.692. The Balaban J connectivity index is 2.21. The summed E-state index contributed by atoms with van der Waals surface area (Å²) in [6.45, 7) is -0.109. The van der Waals surface area contributed by atoms with Crippen molar-refractivity contribution in [2.75, 3.05) is 13.3 Å². The van der Waals surface area contributed by atoms with Crippen molar-refractivity contribution in [3.8, 4) is 0 Å². The zero-order valence-corrected chi connectivity index (χ0v) is 16.1. The van der Waals surface area contributed by atoms with Gasteiger partial charge in [0.1, 0.15) is 0 Å². The summed E-state index contributed by atoms with van der Waals surface area (Å²) in [5, 5.41) is 7.54. The summed E-state index contributed by atoms with van der Waals surface area (Å²) in [5.74, 6) is -0.287. The molecule has 1 saturated carbocycles. The standard InChI is InChI=1S/C13H20N3O5.Pb/c1-9(16-13(20)5-14-7-18)4-12(19)15-8-21-11(6-17)10-2-3-10;/h6-7,9-11H,1-5,8H2,(H,14,18)(H,15,19)(H,16,20);. The van der Waals surface area contributed by atoms with E-state index in [0.717, 1.165) is 48.9 Å². The Morgan fingerprint density at radius 1 is 1.27 bits per heavy atom. The maximum atomic E-state index is 11.8. The Hall–Kier alpha value is -1.04. The van der Waals surface area contributed by atoms with Crippen LogP contribution < -0.4 is 16.0 Å². The quantitative estimate of drug-likeness (QED) is 0.166. The van der Waals surface area contributed by atoms with Gasteiger partial charge >= 0.3 is 145 Å². The van der Waals surface area contributed by atoms with Gasteiger partial charge in [0, 0.05) is 0 Å². The van der Waals surface area contributed by atoms with Crippen LogP contribution in [-0.4, -0.2) is 75.7 Å². The Bertz CT molecular complexity index is 403. The summed E-state index contributed by atoms with van der Waals surface area (Å²) >= 11 is 0.834. The van der Waals surface area contributed by atoms with Crippen LogP contribution in [0.2, 0.25) is 3.98 Å². The molecule has 8 nitrogen and oxygen atoms in total. The molecule has 9 heteroatoms. The van der Waals surface area contributed by atoms with E-state index in [-0.39, 0.29) is 43.5 Å². The third-order valence-corrected chi connectivity index (χ3v) is 5.07. The molecule has 1 aliphatic carbocycles. The predicted molar refractivity (Wildman–Crippen MR) is 77.8 cm³/mol. The van der Waals surface area contributed by atoms with Gasteiger partial charge in [0.15, 0.2) is 0 Å². The first-order valence-corrected chi connectivity index (χ1v) is 9.80. The van der Waals surface area contributed by atoms with Gasteiger partial charge in [0.05, 0.1) is 0 Å². The molecule has 0 aromatic carbocycles. The van der Waals surface area contributed by atoms with Crippen LogP contribution in [0.15, 0.2) is 0 Å². The second-order valence-corrected chi connectivity index (χ2v) is 6.61. The van der Waals surface area contributed by atoms with Crippen LogP contribution in [0.25, 0.3) is 0 Å². The molecule has 3 radical (unpaired) electrons. The first-order chi connectivity index (χ1) is 10.6. The van der Waals surface area contributed by atoms with Crippen molar-refractivity contribution in [3.63, 3.8) is 0 Å². The van der Waals surface area contributed by atoms with Gasteiger partial charge in [-0.15, -0.1) is 0 Å². The summed E-state index contributed by atoms with van der Waals surface area (Å²) < 4.78 is 6.03. The van der Waals surface area contributed by atoms with Crippen LogP contribution in [0.4, 0.5) is 0 Å². The molecule has 1 fully saturated rings.